The topological polar surface area (TPSA) is 63.2 Å². The summed E-state index contributed by atoms with van der Waals surface area (Å²) in [5.74, 6) is -1.69. The van der Waals surface area contributed by atoms with Crippen LogP contribution >= 0.6 is 0 Å². The second kappa shape index (κ2) is 3.44. The monoisotopic (exact) mass is 201 g/mol. The van der Waals surface area contributed by atoms with Gasteiger partial charge in [0.2, 0.25) is 5.78 Å². The molecule has 0 bridgehead atoms. The Hall–Kier alpha value is -0.560. The molecule has 0 saturated heterocycles. The predicted octanol–water partition coefficient (Wildman–Crippen LogP) is 0.108. The molecule has 0 saturated carbocycles. The number of alkyl halides is 2. The molecule has 0 aliphatic heterocycles. The van der Waals surface area contributed by atoms with E-state index in [-0.39, 0.29) is 6.54 Å². The summed E-state index contributed by atoms with van der Waals surface area (Å²) in [7, 11) is -4.84. The lowest BCUT2D eigenvalue weighted by molar-refractivity contribution is -0.130. The Morgan fingerprint density at radius 2 is 1.92 bits per heavy atom. The van der Waals surface area contributed by atoms with Gasteiger partial charge in [-0.1, -0.05) is 6.92 Å². The molecule has 0 aliphatic rings. The van der Waals surface area contributed by atoms with Crippen molar-refractivity contribution in [1.29, 1.82) is 0 Å². The second-order valence-electron chi connectivity index (χ2n) is 2.07. The third-order valence-corrected chi connectivity index (χ3v) is 2.71. The molecule has 0 atom stereocenters. The number of hydrogen-bond acceptors (Lipinski definition) is 3. The molecule has 0 radical (unpaired) electrons. The summed E-state index contributed by atoms with van der Waals surface area (Å²) in [5.41, 5.74) is 0. The van der Waals surface area contributed by atoms with E-state index in [1.54, 1.807) is 4.72 Å². The highest BCUT2D eigenvalue weighted by molar-refractivity contribution is 7.91. The van der Waals surface area contributed by atoms with Crippen molar-refractivity contribution in [3.8, 4) is 0 Å². The minimum atomic E-state index is -4.84. The lowest BCUT2D eigenvalue weighted by Gasteiger charge is -2.12. The summed E-state index contributed by atoms with van der Waals surface area (Å²) in [6, 6.07) is 0. The Morgan fingerprint density at radius 1 is 1.50 bits per heavy atom. The Bertz CT molecular complexity index is 272. The number of hydrogen-bond donors (Lipinski definition) is 1. The highest BCUT2D eigenvalue weighted by Crippen LogP contribution is 2.21. The van der Waals surface area contributed by atoms with Crippen molar-refractivity contribution in [2.24, 2.45) is 0 Å². The Balaban J connectivity index is 4.90. The van der Waals surface area contributed by atoms with Gasteiger partial charge in [-0.05, 0) is 0 Å². The van der Waals surface area contributed by atoms with Crippen LogP contribution in [0.3, 0.4) is 0 Å². The van der Waals surface area contributed by atoms with Gasteiger partial charge in [0.1, 0.15) is 0 Å². The zero-order valence-electron chi connectivity index (χ0n) is 6.60. The standard InChI is InChI=1S/C5H9F2NO3S/c1-3-8-12(10,11)5(6,7)4(2)9/h8H,3H2,1-2H3. The summed E-state index contributed by atoms with van der Waals surface area (Å²) in [5, 5.41) is -4.33. The van der Waals surface area contributed by atoms with E-state index < -0.39 is 21.1 Å². The molecule has 0 rings (SSSR count). The fourth-order valence-electron chi connectivity index (χ4n) is 0.470. The molecule has 12 heavy (non-hydrogen) atoms. The summed E-state index contributed by atoms with van der Waals surface area (Å²) >= 11 is 0. The molecule has 0 aromatic heterocycles. The van der Waals surface area contributed by atoms with Crippen LogP contribution in [0.1, 0.15) is 13.8 Å². The molecule has 0 unspecified atom stereocenters. The van der Waals surface area contributed by atoms with Crippen LogP contribution < -0.4 is 4.72 Å². The largest absolute Gasteiger partial charge is 0.415 e. The van der Waals surface area contributed by atoms with Crippen molar-refractivity contribution in [2.75, 3.05) is 6.54 Å². The van der Waals surface area contributed by atoms with E-state index in [2.05, 4.69) is 0 Å². The molecule has 0 aromatic carbocycles. The van der Waals surface area contributed by atoms with Gasteiger partial charge in [0.05, 0.1) is 0 Å². The first-order valence-corrected chi connectivity index (χ1v) is 4.62. The minimum Gasteiger partial charge on any atom is -0.292 e. The number of carbonyl (C=O) groups excluding carboxylic acids is 1. The molecule has 7 heteroatoms. The normalized spacial score (nSPS) is 13.0. The van der Waals surface area contributed by atoms with Crippen molar-refractivity contribution < 1.29 is 22.0 Å². The summed E-state index contributed by atoms with van der Waals surface area (Å²) in [4.78, 5) is 10.2. The van der Waals surface area contributed by atoms with Gasteiger partial charge >= 0.3 is 5.25 Å². The first-order chi connectivity index (χ1) is 5.25. The number of halogens is 2. The number of nitrogens with one attached hydrogen (secondary N) is 1. The van der Waals surface area contributed by atoms with E-state index >= 15 is 0 Å². The van der Waals surface area contributed by atoms with Crippen molar-refractivity contribution in [3.63, 3.8) is 0 Å². The molecule has 0 amide bonds. The average Bonchev–Trinajstić information content (AvgIpc) is 1.86. The van der Waals surface area contributed by atoms with Crippen molar-refractivity contribution in [2.45, 2.75) is 19.1 Å². The van der Waals surface area contributed by atoms with Crippen molar-refractivity contribution in [3.05, 3.63) is 0 Å². The minimum absolute atomic E-state index is 0.175. The van der Waals surface area contributed by atoms with E-state index in [4.69, 9.17) is 0 Å². The maximum atomic E-state index is 12.5. The van der Waals surface area contributed by atoms with Crippen molar-refractivity contribution in [1.82, 2.24) is 4.72 Å². The van der Waals surface area contributed by atoms with Gasteiger partial charge < -0.3 is 0 Å². The number of carbonyl (C=O) groups is 1. The zero-order chi connectivity index (χ0) is 9.99. The molecule has 0 spiro atoms. The van der Waals surface area contributed by atoms with E-state index in [9.17, 15) is 22.0 Å². The quantitative estimate of drug-likeness (QED) is 0.702. The van der Waals surface area contributed by atoms with Crippen molar-refractivity contribution >= 4 is 15.8 Å². The Labute approximate surface area is 69.0 Å². The van der Waals surface area contributed by atoms with Crippen LogP contribution in [0.2, 0.25) is 0 Å². The van der Waals surface area contributed by atoms with Crippen LogP contribution in [0, 0.1) is 0 Å². The number of rotatable bonds is 4. The lowest BCUT2D eigenvalue weighted by atomic mass is 10.5. The van der Waals surface area contributed by atoms with Gasteiger partial charge in [-0.25, -0.2) is 13.1 Å². The zero-order valence-corrected chi connectivity index (χ0v) is 7.41. The van der Waals surface area contributed by atoms with Gasteiger partial charge in [0, 0.05) is 13.5 Å². The fourth-order valence-corrected chi connectivity index (χ4v) is 1.41. The third-order valence-electron chi connectivity index (χ3n) is 1.08. The van der Waals surface area contributed by atoms with E-state index in [1.165, 1.54) is 6.92 Å². The highest BCUT2D eigenvalue weighted by atomic mass is 32.2. The summed E-state index contributed by atoms with van der Waals surface area (Å²) in [6.07, 6.45) is 0. The molecule has 0 fully saturated rings. The first-order valence-electron chi connectivity index (χ1n) is 3.13. The van der Waals surface area contributed by atoms with Gasteiger partial charge in [-0.3, -0.25) is 4.79 Å². The summed E-state index contributed by atoms with van der Waals surface area (Å²) in [6.45, 7) is 1.69. The highest BCUT2D eigenvalue weighted by Gasteiger charge is 2.49. The molecule has 1 N–H and O–H groups in total. The van der Waals surface area contributed by atoms with Crippen LogP contribution in [0.25, 0.3) is 0 Å². The molecule has 0 aromatic rings. The number of ketones is 1. The molecule has 72 valence electrons. The molecule has 4 nitrogen and oxygen atoms in total. The molecular formula is C5H9F2NO3S. The van der Waals surface area contributed by atoms with Crippen LogP contribution in [0.4, 0.5) is 8.78 Å². The van der Waals surface area contributed by atoms with E-state index in [0.717, 1.165) is 0 Å². The fraction of sp³-hybridized carbons (Fsp3) is 0.800. The first kappa shape index (κ1) is 11.4. The molecule has 0 aliphatic carbocycles. The number of Topliss-reactive ketones (excluding diaryl/α,β-unsaturated/α-hetero) is 1. The average molecular weight is 201 g/mol. The van der Waals surface area contributed by atoms with Crippen LogP contribution in [-0.2, 0) is 14.8 Å². The SMILES string of the molecule is CCNS(=O)(=O)C(F)(F)C(C)=O. The predicted molar refractivity (Wildman–Crippen MR) is 38.2 cm³/mol. The van der Waals surface area contributed by atoms with Gasteiger partial charge in [0.25, 0.3) is 10.0 Å². The maximum absolute atomic E-state index is 12.5. The Kier molecular flexibility index (Phi) is 3.28. The lowest BCUT2D eigenvalue weighted by Crippen LogP contribution is -2.44. The van der Waals surface area contributed by atoms with Crippen LogP contribution in [0.15, 0.2) is 0 Å². The van der Waals surface area contributed by atoms with E-state index in [1.807, 2.05) is 0 Å². The Morgan fingerprint density at radius 3 is 2.17 bits per heavy atom. The molecular weight excluding hydrogens is 192 g/mol. The second-order valence-corrected chi connectivity index (χ2v) is 3.88. The van der Waals surface area contributed by atoms with Crippen LogP contribution in [-0.4, -0.2) is 26.0 Å². The van der Waals surface area contributed by atoms with Gasteiger partial charge in [-0.15, -0.1) is 0 Å². The third kappa shape index (κ3) is 1.98. The smallest absolute Gasteiger partial charge is 0.292 e. The van der Waals surface area contributed by atoms with Gasteiger partial charge in [-0.2, -0.15) is 8.78 Å². The van der Waals surface area contributed by atoms with E-state index in [0.29, 0.717) is 6.92 Å². The van der Waals surface area contributed by atoms with Crippen LogP contribution in [0.5, 0.6) is 0 Å². The molecule has 0 heterocycles. The summed E-state index contributed by atoms with van der Waals surface area (Å²) < 4.78 is 47.8. The number of sulfonamides is 1. The van der Waals surface area contributed by atoms with Gasteiger partial charge in [0.15, 0.2) is 0 Å². The maximum Gasteiger partial charge on any atom is 0.415 e.